The second-order valence-electron chi connectivity index (χ2n) is 7.32. The summed E-state index contributed by atoms with van der Waals surface area (Å²) in [4.78, 5) is 12.6. The van der Waals surface area contributed by atoms with E-state index in [4.69, 9.17) is 4.74 Å². The molecule has 0 atom stereocenters. The van der Waals surface area contributed by atoms with E-state index in [1.54, 1.807) is 38.1 Å². The normalized spacial score (nSPS) is 12.2. The van der Waals surface area contributed by atoms with Crippen LogP contribution in [0.15, 0.2) is 41.6 Å². The van der Waals surface area contributed by atoms with Gasteiger partial charge in [-0.2, -0.15) is 5.10 Å². The van der Waals surface area contributed by atoms with Gasteiger partial charge in [0.2, 0.25) is 5.91 Å². The van der Waals surface area contributed by atoms with Crippen LogP contribution >= 0.6 is 0 Å². The lowest BCUT2D eigenvalue weighted by Gasteiger charge is -2.24. The first-order valence-corrected chi connectivity index (χ1v) is 10.4. The summed E-state index contributed by atoms with van der Waals surface area (Å²) in [5, 5.41) is 3.94. The van der Waals surface area contributed by atoms with E-state index in [2.05, 4.69) is 23.7 Å². The highest BCUT2D eigenvalue weighted by atomic mass is 32.2. The third-order valence-corrected chi connectivity index (χ3v) is 5.48. The number of rotatable bonds is 8. The molecular formula is C19H27N3O4S. The molecule has 0 aliphatic heterocycles. The summed E-state index contributed by atoms with van der Waals surface area (Å²) < 4.78 is 34.2. The van der Waals surface area contributed by atoms with Crippen molar-refractivity contribution in [3.05, 3.63) is 42.2 Å². The quantitative estimate of drug-likeness (QED) is 0.745. The Balaban J connectivity index is 2.14. The van der Waals surface area contributed by atoms with E-state index in [0.717, 1.165) is 0 Å². The number of hydrogen-bond acceptors (Lipinski definition) is 5. The largest absolute Gasteiger partial charge is 0.493 e. The van der Waals surface area contributed by atoms with E-state index in [1.165, 1.54) is 17.1 Å². The van der Waals surface area contributed by atoms with Crippen LogP contribution in [0.25, 0.3) is 0 Å². The van der Waals surface area contributed by atoms with Gasteiger partial charge in [0.05, 0.1) is 18.2 Å². The highest BCUT2D eigenvalue weighted by molar-refractivity contribution is 7.90. The van der Waals surface area contributed by atoms with Gasteiger partial charge in [-0.3, -0.25) is 9.48 Å². The standard InChI is InChI=1S/C19H27N3O4S/c1-6-22-12-17(11-20-22)27(24,25)21-18(23)19(4,5)15-7-9-16(10-8-15)26-13-14(2)3/h7-12,14H,6,13H2,1-5H3,(H,21,23). The molecule has 0 bridgehead atoms. The van der Waals surface area contributed by atoms with Crippen LogP contribution in [-0.2, 0) is 26.8 Å². The zero-order chi connectivity index (χ0) is 20.2. The average Bonchev–Trinajstić information content (AvgIpc) is 3.10. The number of nitrogens with one attached hydrogen (secondary N) is 1. The second-order valence-corrected chi connectivity index (χ2v) is 9.00. The molecule has 2 aromatic rings. The summed E-state index contributed by atoms with van der Waals surface area (Å²) in [7, 11) is -3.97. The smallest absolute Gasteiger partial charge is 0.267 e. The van der Waals surface area contributed by atoms with Crippen molar-refractivity contribution >= 4 is 15.9 Å². The SMILES string of the molecule is CCn1cc(S(=O)(=O)NC(=O)C(C)(C)c2ccc(OCC(C)C)cc2)cn1. The van der Waals surface area contributed by atoms with Crippen LogP contribution in [0.2, 0.25) is 0 Å². The fraction of sp³-hybridized carbons (Fsp3) is 0.474. The van der Waals surface area contributed by atoms with Gasteiger partial charge in [-0.25, -0.2) is 13.1 Å². The molecule has 2 rings (SSSR count). The van der Waals surface area contributed by atoms with E-state index < -0.39 is 21.3 Å². The number of hydrogen-bond donors (Lipinski definition) is 1. The van der Waals surface area contributed by atoms with Gasteiger partial charge in [-0.1, -0.05) is 26.0 Å². The molecule has 7 nitrogen and oxygen atoms in total. The molecule has 0 unspecified atom stereocenters. The topological polar surface area (TPSA) is 90.3 Å². The van der Waals surface area contributed by atoms with Crippen molar-refractivity contribution in [2.24, 2.45) is 5.92 Å². The van der Waals surface area contributed by atoms with Crippen molar-refractivity contribution in [3.8, 4) is 5.75 Å². The Hall–Kier alpha value is -2.35. The van der Waals surface area contributed by atoms with Crippen LogP contribution < -0.4 is 9.46 Å². The Morgan fingerprint density at radius 3 is 2.41 bits per heavy atom. The summed E-state index contributed by atoms with van der Waals surface area (Å²) in [5.41, 5.74) is -0.346. The van der Waals surface area contributed by atoms with Gasteiger partial charge in [0.25, 0.3) is 10.0 Å². The van der Waals surface area contributed by atoms with E-state index >= 15 is 0 Å². The van der Waals surface area contributed by atoms with Crippen LogP contribution in [0.5, 0.6) is 5.75 Å². The lowest BCUT2D eigenvalue weighted by molar-refractivity contribution is -0.123. The number of benzene rings is 1. The molecule has 1 aromatic heterocycles. The van der Waals surface area contributed by atoms with E-state index in [9.17, 15) is 13.2 Å². The van der Waals surface area contributed by atoms with Crippen LogP contribution in [0.1, 0.15) is 40.2 Å². The maximum absolute atomic E-state index is 12.7. The second kappa shape index (κ2) is 8.12. The molecule has 0 saturated heterocycles. The monoisotopic (exact) mass is 393 g/mol. The molecule has 0 aliphatic rings. The van der Waals surface area contributed by atoms with Gasteiger partial charge in [-0.05, 0) is 44.4 Å². The zero-order valence-electron chi connectivity index (χ0n) is 16.4. The summed E-state index contributed by atoms with van der Waals surface area (Å²) in [6, 6.07) is 7.12. The number of aromatic nitrogens is 2. The van der Waals surface area contributed by atoms with Crippen molar-refractivity contribution in [2.45, 2.75) is 51.5 Å². The number of amides is 1. The first-order valence-electron chi connectivity index (χ1n) is 8.89. The number of aryl methyl sites for hydroxylation is 1. The first kappa shape index (κ1) is 21.0. The molecule has 0 fully saturated rings. The molecule has 0 spiro atoms. The Morgan fingerprint density at radius 2 is 1.89 bits per heavy atom. The minimum absolute atomic E-state index is 0.0362. The van der Waals surface area contributed by atoms with Crippen LogP contribution in [0.3, 0.4) is 0 Å². The van der Waals surface area contributed by atoms with E-state index in [1.807, 2.05) is 6.92 Å². The summed E-state index contributed by atoms with van der Waals surface area (Å²) >= 11 is 0. The first-order chi connectivity index (χ1) is 12.6. The predicted octanol–water partition coefficient (Wildman–Crippen LogP) is 2.72. The van der Waals surface area contributed by atoms with Crippen molar-refractivity contribution in [1.29, 1.82) is 0 Å². The van der Waals surface area contributed by atoms with Crippen LogP contribution in [0, 0.1) is 5.92 Å². The number of nitrogens with zero attached hydrogens (tertiary/aromatic N) is 2. The Bertz CT molecular complexity index is 884. The fourth-order valence-electron chi connectivity index (χ4n) is 2.33. The molecule has 27 heavy (non-hydrogen) atoms. The van der Waals surface area contributed by atoms with Crippen molar-refractivity contribution < 1.29 is 17.9 Å². The Morgan fingerprint density at radius 1 is 1.26 bits per heavy atom. The molecule has 8 heteroatoms. The Kier molecular flexibility index (Phi) is 6.30. The summed E-state index contributed by atoms with van der Waals surface area (Å²) in [6.45, 7) is 10.5. The third kappa shape index (κ3) is 5.09. The molecule has 148 valence electrons. The minimum atomic E-state index is -3.97. The maximum Gasteiger partial charge on any atom is 0.267 e. The zero-order valence-corrected chi connectivity index (χ0v) is 17.2. The average molecular weight is 394 g/mol. The lowest BCUT2D eigenvalue weighted by atomic mass is 9.84. The predicted molar refractivity (Wildman–Crippen MR) is 103 cm³/mol. The summed E-state index contributed by atoms with van der Waals surface area (Å²) in [6.07, 6.45) is 2.62. The highest BCUT2D eigenvalue weighted by Crippen LogP contribution is 2.26. The molecular weight excluding hydrogens is 366 g/mol. The van der Waals surface area contributed by atoms with E-state index in [-0.39, 0.29) is 4.90 Å². The number of ether oxygens (including phenoxy) is 1. The molecule has 1 amide bonds. The fourth-order valence-corrected chi connectivity index (χ4v) is 3.39. The molecule has 1 heterocycles. The number of carbonyl (C=O) groups excluding carboxylic acids is 1. The van der Waals surface area contributed by atoms with Gasteiger partial charge in [0.15, 0.2) is 0 Å². The van der Waals surface area contributed by atoms with Crippen molar-refractivity contribution in [3.63, 3.8) is 0 Å². The minimum Gasteiger partial charge on any atom is -0.493 e. The Labute approximate surface area is 160 Å². The third-order valence-electron chi connectivity index (χ3n) is 4.20. The molecule has 0 radical (unpaired) electrons. The number of carbonyl (C=O) groups is 1. The molecule has 1 N–H and O–H groups in total. The van der Waals surface area contributed by atoms with Crippen molar-refractivity contribution in [1.82, 2.24) is 14.5 Å². The van der Waals surface area contributed by atoms with Crippen LogP contribution in [0.4, 0.5) is 0 Å². The van der Waals surface area contributed by atoms with Gasteiger partial charge < -0.3 is 4.74 Å². The van der Waals surface area contributed by atoms with E-state index in [0.29, 0.717) is 30.4 Å². The highest BCUT2D eigenvalue weighted by Gasteiger charge is 2.33. The van der Waals surface area contributed by atoms with Gasteiger partial charge in [-0.15, -0.1) is 0 Å². The molecule has 1 aromatic carbocycles. The van der Waals surface area contributed by atoms with Crippen molar-refractivity contribution in [2.75, 3.05) is 6.61 Å². The summed E-state index contributed by atoms with van der Waals surface area (Å²) in [5.74, 6) is 0.514. The molecule has 0 aliphatic carbocycles. The van der Waals surface area contributed by atoms with Gasteiger partial charge >= 0.3 is 0 Å². The number of sulfonamides is 1. The maximum atomic E-state index is 12.7. The van der Waals surface area contributed by atoms with Gasteiger partial charge in [0, 0.05) is 12.7 Å². The molecule has 0 saturated carbocycles. The lowest BCUT2D eigenvalue weighted by Crippen LogP contribution is -2.43. The van der Waals surface area contributed by atoms with Crippen LogP contribution in [-0.4, -0.2) is 30.7 Å². The van der Waals surface area contributed by atoms with Gasteiger partial charge in [0.1, 0.15) is 10.6 Å².